The average Bonchev–Trinajstić information content (AvgIpc) is 3.22. The molecule has 0 spiro atoms. The lowest BCUT2D eigenvalue weighted by Gasteiger charge is -2.30. The van der Waals surface area contributed by atoms with Gasteiger partial charge in [-0.15, -0.1) is 11.3 Å². The third-order valence-electron chi connectivity index (χ3n) is 4.90. The number of aliphatic carboxylic acids is 1. The highest BCUT2D eigenvalue weighted by molar-refractivity contribution is 7.13. The van der Waals surface area contributed by atoms with E-state index in [9.17, 15) is 19.5 Å². The van der Waals surface area contributed by atoms with Crippen molar-refractivity contribution in [3.8, 4) is 0 Å². The molecule has 1 aromatic heterocycles. The van der Waals surface area contributed by atoms with E-state index in [0.717, 1.165) is 19.3 Å². The monoisotopic (exact) mass is 351 g/mol. The minimum Gasteiger partial charge on any atom is -0.550 e. The molecule has 1 aromatic rings. The minimum absolute atomic E-state index is 0.0476. The van der Waals surface area contributed by atoms with Crippen molar-refractivity contribution in [1.82, 2.24) is 4.98 Å². The summed E-state index contributed by atoms with van der Waals surface area (Å²) in [5.41, 5.74) is 0.526. The van der Waals surface area contributed by atoms with Crippen molar-refractivity contribution >= 4 is 34.3 Å². The number of carbonyl (C=O) groups is 3. The highest BCUT2D eigenvalue weighted by Gasteiger charge is 2.51. The smallest absolute Gasteiger partial charge is 0.311 e. The van der Waals surface area contributed by atoms with Gasteiger partial charge in [0.05, 0.1) is 18.7 Å². The molecule has 1 amide bonds. The van der Waals surface area contributed by atoms with Crippen LogP contribution >= 0.6 is 11.3 Å². The fourth-order valence-corrected chi connectivity index (χ4v) is 4.72. The van der Waals surface area contributed by atoms with Crippen LogP contribution in [-0.2, 0) is 25.5 Å². The van der Waals surface area contributed by atoms with Gasteiger partial charge in [0.1, 0.15) is 0 Å². The highest BCUT2D eigenvalue weighted by atomic mass is 32.1. The fourth-order valence-electron chi connectivity index (χ4n) is 4.00. The highest BCUT2D eigenvalue weighted by Crippen LogP contribution is 2.52. The number of esters is 1. The number of nitrogens with one attached hydrogen (secondary N) is 1. The molecule has 0 aromatic carbocycles. The van der Waals surface area contributed by atoms with Gasteiger partial charge >= 0.3 is 5.97 Å². The number of aromatic nitrogens is 1. The number of thiazole rings is 1. The van der Waals surface area contributed by atoms with E-state index in [1.165, 1.54) is 11.3 Å². The summed E-state index contributed by atoms with van der Waals surface area (Å²) in [6, 6.07) is 0. The SMILES string of the molecule is CCOC(=O)Cc1csc(NC(=O)[C@@H]2[C@H]3CC[C@@H](C3)[C@@H]2C(=O)[O-])n1. The zero-order valence-corrected chi connectivity index (χ0v) is 14.1. The molecule has 4 atom stereocenters. The third-order valence-corrected chi connectivity index (χ3v) is 5.71. The van der Waals surface area contributed by atoms with E-state index in [2.05, 4.69) is 10.3 Å². The van der Waals surface area contributed by atoms with Crippen LogP contribution in [0.5, 0.6) is 0 Å². The predicted octanol–water partition coefficient (Wildman–Crippen LogP) is 0.599. The molecule has 0 radical (unpaired) electrons. The Morgan fingerprint density at radius 1 is 1.33 bits per heavy atom. The third kappa shape index (κ3) is 3.28. The average molecular weight is 351 g/mol. The molecular formula is C16H19N2O5S-. The van der Waals surface area contributed by atoms with E-state index in [-0.39, 0.29) is 30.1 Å². The first-order valence-electron chi connectivity index (χ1n) is 8.11. The molecule has 24 heavy (non-hydrogen) atoms. The molecule has 0 aliphatic heterocycles. The van der Waals surface area contributed by atoms with Gasteiger partial charge in [-0.05, 0) is 38.0 Å². The number of nitrogens with zero attached hydrogens (tertiary/aromatic N) is 1. The number of ether oxygens (including phenoxy) is 1. The van der Waals surface area contributed by atoms with E-state index < -0.39 is 17.8 Å². The van der Waals surface area contributed by atoms with Crippen molar-refractivity contribution in [3.63, 3.8) is 0 Å². The molecule has 0 saturated heterocycles. The largest absolute Gasteiger partial charge is 0.550 e. The summed E-state index contributed by atoms with van der Waals surface area (Å²) >= 11 is 1.21. The first-order chi connectivity index (χ1) is 11.5. The van der Waals surface area contributed by atoms with Crippen molar-refractivity contribution in [2.45, 2.75) is 32.6 Å². The van der Waals surface area contributed by atoms with Crippen LogP contribution in [0.15, 0.2) is 5.38 Å². The van der Waals surface area contributed by atoms with Crippen molar-refractivity contribution in [2.24, 2.45) is 23.7 Å². The predicted molar refractivity (Wildman–Crippen MR) is 83.9 cm³/mol. The van der Waals surface area contributed by atoms with E-state index in [1.54, 1.807) is 12.3 Å². The normalized spacial score (nSPS) is 27.9. The number of hydrogen-bond acceptors (Lipinski definition) is 7. The first-order valence-corrected chi connectivity index (χ1v) is 8.99. The molecule has 0 unspecified atom stereocenters. The summed E-state index contributed by atoms with van der Waals surface area (Å²) in [6.07, 6.45) is 2.57. The molecule has 2 aliphatic rings. The molecule has 7 nitrogen and oxygen atoms in total. The molecule has 8 heteroatoms. The molecular weight excluding hydrogens is 332 g/mol. The van der Waals surface area contributed by atoms with Crippen molar-refractivity contribution in [1.29, 1.82) is 0 Å². The van der Waals surface area contributed by atoms with Gasteiger partial charge in [-0.25, -0.2) is 4.98 Å². The maximum Gasteiger partial charge on any atom is 0.311 e. The van der Waals surface area contributed by atoms with Gasteiger partial charge in [-0.1, -0.05) is 0 Å². The van der Waals surface area contributed by atoms with Crippen LogP contribution in [0.2, 0.25) is 0 Å². The maximum atomic E-state index is 12.5. The molecule has 1 N–H and O–H groups in total. The Morgan fingerprint density at radius 3 is 2.71 bits per heavy atom. The molecule has 3 rings (SSSR count). The van der Waals surface area contributed by atoms with Crippen LogP contribution in [0.4, 0.5) is 5.13 Å². The second-order valence-corrected chi connectivity index (χ2v) is 7.18. The lowest BCUT2D eigenvalue weighted by molar-refractivity contribution is -0.314. The van der Waals surface area contributed by atoms with Crippen molar-refractivity contribution in [3.05, 3.63) is 11.1 Å². The van der Waals surface area contributed by atoms with Crippen LogP contribution in [0.3, 0.4) is 0 Å². The van der Waals surface area contributed by atoms with E-state index >= 15 is 0 Å². The quantitative estimate of drug-likeness (QED) is 0.752. The Hall–Kier alpha value is -1.96. The van der Waals surface area contributed by atoms with Gasteiger partial charge in [-0.2, -0.15) is 0 Å². The number of carboxylic acid groups (broad SMARTS) is 1. The number of fused-ring (bicyclic) bond motifs is 2. The fraction of sp³-hybridized carbons (Fsp3) is 0.625. The van der Waals surface area contributed by atoms with Crippen LogP contribution < -0.4 is 10.4 Å². The van der Waals surface area contributed by atoms with Crippen LogP contribution in [0.25, 0.3) is 0 Å². The molecule has 2 fully saturated rings. The first kappa shape index (κ1) is 16.9. The van der Waals surface area contributed by atoms with Crippen molar-refractivity contribution < 1.29 is 24.2 Å². The number of amides is 1. The molecule has 130 valence electrons. The Labute approximate surface area is 143 Å². The Bertz CT molecular complexity index is 659. The lowest BCUT2D eigenvalue weighted by atomic mass is 9.79. The Kier molecular flexibility index (Phi) is 4.84. The number of carboxylic acids is 1. The Balaban J connectivity index is 1.64. The standard InChI is InChI=1S/C16H20N2O5S/c1-2-23-11(19)6-10-7-24-16(17-10)18-14(20)12-8-3-4-9(5-8)13(12)15(21)22/h7-9,12-13H,2-6H2,1H3,(H,21,22)(H,17,18,20)/p-1/t8-,9-,12+,13-/m0/s1. The van der Waals surface area contributed by atoms with Crippen molar-refractivity contribution in [2.75, 3.05) is 11.9 Å². The zero-order valence-electron chi connectivity index (χ0n) is 13.3. The van der Waals surface area contributed by atoms with Gasteiger partial charge in [0, 0.05) is 23.2 Å². The molecule has 2 aliphatic carbocycles. The molecule has 2 bridgehead atoms. The lowest BCUT2D eigenvalue weighted by Crippen LogP contribution is -2.43. The summed E-state index contributed by atoms with van der Waals surface area (Å²) in [5.74, 6) is -2.92. The van der Waals surface area contributed by atoms with Crippen LogP contribution in [-0.4, -0.2) is 29.4 Å². The summed E-state index contributed by atoms with van der Waals surface area (Å²) in [5, 5.41) is 16.2. The summed E-state index contributed by atoms with van der Waals surface area (Å²) in [4.78, 5) is 39.6. The zero-order chi connectivity index (χ0) is 17.3. The number of anilines is 1. The van der Waals surface area contributed by atoms with Gasteiger partial charge in [0.25, 0.3) is 0 Å². The number of rotatable bonds is 6. The summed E-state index contributed by atoms with van der Waals surface area (Å²) in [7, 11) is 0. The molecule has 1 heterocycles. The topological polar surface area (TPSA) is 108 Å². The number of hydrogen-bond donors (Lipinski definition) is 1. The van der Waals surface area contributed by atoms with Gasteiger partial charge < -0.3 is 20.0 Å². The van der Waals surface area contributed by atoms with E-state index in [0.29, 0.717) is 17.4 Å². The van der Waals surface area contributed by atoms with Crippen LogP contribution in [0, 0.1) is 23.7 Å². The maximum absolute atomic E-state index is 12.5. The number of carbonyl (C=O) groups excluding carboxylic acids is 3. The van der Waals surface area contributed by atoms with Gasteiger partial charge in [0.2, 0.25) is 5.91 Å². The second kappa shape index (κ2) is 6.88. The van der Waals surface area contributed by atoms with E-state index in [1.807, 2.05) is 0 Å². The minimum atomic E-state index is -1.13. The molecule has 2 saturated carbocycles. The second-order valence-electron chi connectivity index (χ2n) is 6.32. The summed E-state index contributed by atoms with van der Waals surface area (Å²) in [6.45, 7) is 2.04. The van der Waals surface area contributed by atoms with Crippen LogP contribution in [0.1, 0.15) is 31.9 Å². The van der Waals surface area contributed by atoms with Gasteiger partial charge in [0.15, 0.2) is 5.13 Å². The van der Waals surface area contributed by atoms with Gasteiger partial charge in [-0.3, -0.25) is 9.59 Å². The van der Waals surface area contributed by atoms with E-state index in [4.69, 9.17) is 4.74 Å². The Morgan fingerprint density at radius 2 is 2.04 bits per heavy atom. The summed E-state index contributed by atoms with van der Waals surface area (Å²) < 4.78 is 4.86.